The van der Waals surface area contributed by atoms with Gasteiger partial charge in [0.2, 0.25) is 0 Å². The molecule has 3 aromatic rings. The second-order valence-electron chi connectivity index (χ2n) is 7.04. The lowest BCUT2D eigenvalue weighted by atomic mass is 10.1. The first kappa shape index (κ1) is 20.2. The number of nitrogens with zero attached hydrogens (tertiary/aromatic N) is 2. The maximum atomic E-state index is 13.1. The Balaban J connectivity index is 1.54. The van der Waals surface area contributed by atoms with Crippen LogP contribution < -0.4 is 5.32 Å². The van der Waals surface area contributed by atoms with E-state index in [1.54, 1.807) is 36.2 Å². The van der Waals surface area contributed by atoms with Gasteiger partial charge in [-0.25, -0.2) is 0 Å². The highest BCUT2D eigenvalue weighted by molar-refractivity contribution is 9.10. The first-order valence-corrected chi connectivity index (χ1v) is 10.3. The molecule has 1 unspecified atom stereocenters. The standard InChI is InChI=1S/C22H20BrN3O4/c1-24-18-7-6-15(23)11-17(18)21(28)26-9-8-25(12-16(26)13-27)22(29)20-10-14-4-2-3-5-19(14)30-20/h2-7,10-11,13,16,24H,8-9,12H2,1H3. The van der Waals surface area contributed by atoms with Crippen molar-refractivity contribution in [2.24, 2.45) is 0 Å². The van der Waals surface area contributed by atoms with E-state index < -0.39 is 6.04 Å². The van der Waals surface area contributed by atoms with Crippen molar-refractivity contribution < 1.29 is 18.8 Å². The lowest BCUT2D eigenvalue weighted by Gasteiger charge is -2.38. The Hall–Kier alpha value is -3.13. The fourth-order valence-corrected chi connectivity index (χ4v) is 4.03. The van der Waals surface area contributed by atoms with Gasteiger partial charge in [0.25, 0.3) is 11.8 Å². The maximum absolute atomic E-state index is 13.1. The SMILES string of the molecule is CNc1ccc(Br)cc1C(=O)N1CCN(C(=O)c2cc3ccccc3o2)CC1C=O. The number of furan rings is 1. The fourth-order valence-electron chi connectivity index (χ4n) is 3.67. The van der Waals surface area contributed by atoms with Crippen LogP contribution in [0, 0.1) is 0 Å². The summed E-state index contributed by atoms with van der Waals surface area (Å²) in [5.41, 5.74) is 1.78. The van der Waals surface area contributed by atoms with Crippen molar-refractivity contribution in [2.45, 2.75) is 6.04 Å². The third-order valence-corrected chi connectivity index (χ3v) is 5.73. The number of carbonyl (C=O) groups excluding carboxylic acids is 3. The maximum Gasteiger partial charge on any atom is 0.289 e. The highest BCUT2D eigenvalue weighted by Gasteiger charge is 2.34. The van der Waals surface area contributed by atoms with E-state index in [4.69, 9.17) is 4.42 Å². The molecule has 8 heteroatoms. The summed E-state index contributed by atoms with van der Waals surface area (Å²) in [4.78, 5) is 40.9. The molecule has 154 valence electrons. The average Bonchev–Trinajstić information content (AvgIpc) is 3.22. The summed E-state index contributed by atoms with van der Waals surface area (Å²) in [6.45, 7) is 0.687. The normalized spacial score (nSPS) is 16.5. The van der Waals surface area contributed by atoms with E-state index in [1.165, 1.54) is 4.90 Å². The van der Waals surface area contributed by atoms with Crippen LogP contribution >= 0.6 is 15.9 Å². The largest absolute Gasteiger partial charge is 0.451 e. The van der Waals surface area contributed by atoms with Gasteiger partial charge in [0.1, 0.15) is 17.9 Å². The van der Waals surface area contributed by atoms with Crippen molar-refractivity contribution in [3.63, 3.8) is 0 Å². The molecule has 1 atom stereocenters. The Morgan fingerprint density at radius 2 is 1.93 bits per heavy atom. The number of benzene rings is 2. The number of aldehydes is 1. The number of nitrogens with one attached hydrogen (secondary N) is 1. The van der Waals surface area contributed by atoms with Crippen molar-refractivity contribution in [1.82, 2.24) is 9.80 Å². The molecule has 1 aromatic heterocycles. The number of carbonyl (C=O) groups is 3. The van der Waals surface area contributed by atoms with E-state index in [0.717, 1.165) is 9.86 Å². The fraction of sp³-hybridized carbons (Fsp3) is 0.227. The molecular weight excluding hydrogens is 450 g/mol. The molecule has 7 nitrogen and oxygen atoms in total. The van der Waals surface area contributed by atoms with Gasteiger partial charge in [0.15, 0.2) is 5.76 Å². The lowest BCUT2D eigenvalue weighted by molar-refractivity contribution is -0.113. The Labute approximate surface area is 181 Å². The monoisotopic (exact) mass is 469 g/mol. The molecule has 1 N–H and O–H groups in total. The number of fused-ring (bicyclic) bond motifs is 1. The summed E-state index contributed by atoms with van der Waals surface area (Å²) in [5.74, 6) is -0.317. The van der Waals surface area contributed by atoms with Gasteiger partial charge in [-0.15, -0.1) is 0 Å². The minimum absolute atomic E-state index is 0.119. The first-order valence-electron chi connectivity index (χ1n) is 9.53. The van der Waals surface area contributed by atoms with Crippen LogP contribution in [0.4, 0.5) is 5.69 Å². The predicted molar refractivity (Wildman–Crippen MR) is 117 cm³/mol. The zero-order valence-electron chi connectivity index (χ0n) is 16.3. The van der Waals surface area contributed by atoms with Crippen LogP contribution in [0.25, 0.3) is 11.0 Å². The molecule has 1 saturated heterocycles. The molecule has 1 fully saturated rings. The minimum Gasteiger partial charge on any atom is -0.451 e. The van der Waals surface area contributed by atoms with E-state index in [2.05, 4.69) is 21.2 Å². The second-order valence-corrected chi connectivity index (χ2v) is 7.96. The zero-order valence-corrected chi connectivity index (χ0v) is 17.9. The van der Waals surface area contributed by atoms with Gasteiger partial charge in [0.05, 0.1) is 5.56 Å². The molecule has 0 aliphatic carbocycles. The van der Waals surface area contributed by atoms with Gasteiger partial charge in [0, 0.05) is 42.2 Å². The lowest BCUT2D eigenvalue weighted by Crippen LogP contribution is -2.57. The topological polar surface area (TPSA) is 82.9 Å². The quantitative estimate of drug-likeness (QED) is 0.592. The van der Waals surface area contributed by atoms with E-state index in [1.807, 2.05) is 24.3 Å². The van der Waals surface area contributed by atoms with Crippen LogP contribution in [0.1, 0.15) is 20.9 Å². The molecular formula is C22H20BrN3O4. The Morgan fingerprint density at radius 1 is 1.13 bits per heavy atom. The summed E-state index contributed by atoms with van der Waals surface area (Å²) in [7, 11) is 1.74. The molecule has 2 amide bonds. The number of amides is 2. The van der Waals surface area contributed by atoms with Crippen LogP contribution in [-0.2, 0) is 4.79 Å². The summed E-state index contributed by atoms with van der Waals surface area (Å²) >= 11 is 3.39. The summed E-state index contributed by atoms with van der Waals surface area (Å²) < 4.78 is 6.44. The van der Waals surface area contributed by atoms with E-state index >= 15 is 0 Å². The number of rotatable bonds is 4. The van der Waals surface area contributed by atoms with Gasteiger partial charge in [-0.05, 0) is 30.3 Å². The molecule has 4 rings (SSSR count). The van der Waals surface area contributed by atoms with Crippen molar-refractivity contribution in [3.8, 4) is 0 Å². The molecule has 1 aliphatic rings. The van der Waals surface area contributed by atoms with Crippen LogP contribution in [0.15, 0.2) is 57.4 Å². The third-order valence-electron chi connectivity index (χ3n) is 5.24. The Bertz CT molecular complexity index is 1090. The predicted octanol–water partition coefficient (Wildman–Crippen LogP) is 3.40. The summed E-state index contributed by atoms with van der Waals surface area (Å²) in [5, 5.41) is 3.85. The van der Waals surface area contributed by atoms with Gasteiger partial charge >= 0.3 is 0 Å². The second kappa shape index (κ2) is 8.31. The first-order chi connectivity index (χ1) is 14.5. The van der Waals surface area contributed by atoms with Gasteiger partial charge in [-0.1, -0.05) is 34.1 Å². The molecule has 0 saturated carbocycles. The van der Waals surface area contributed by atoms with Crippen LogP contribution in [0.2, 0.25) is 0 Å². The zero-order chi connectivity index (χ0) is 21.3. The van der Waals surface area contributed by atoms with E-state index in [-0.39, 0.29) is 30.7 Å². The summed E-state index contributed by atoms with van der Waals surface area (Å²) in [6, 6.07) is 13.7. The Kier molecular flexibility index (Phi) is 5.59. The number of piperazine rings is 1. The highest BCUT2D eigenvalue weighted by atomic mass is 79.9. The number of hydrogen-bond donors (Lipinski definition) is 1. The molecule has 30 heavy (non-hydrogen) atoms. The number of para-hydroxylation sites is 1. The van der Waals surface area contributed by atoms with Gasteiger partial charge < -0.3 is 24.3 Å². The molecule has 0 spiro atoms. The van der Waals surface area contributed by atoms with Crippen molar-refractivity contribution in [2.75, 3.05) is 32.0 Å². The highest BCUT2D eigenvalue weighted by Crippen LogP contribution is 2.25. The van der Waals surface area contributed by atoms with E-state index in [0.29, 0.717) is 29.7 Å². The smallest absolute Gasteiger partial charge is 0.289 e. The molecule has 1 aliphatic heterocycles. The van der Waals surface area contributed by atoms with Crippen molar-refractivity contribution in [1.29, 1.82) is 0 Å². The number of anilines is 1. The van der Waals surface area contributed by atoms with Gasteiger partial charge in [-0.2, -0.15) is 0 Å². The van der Waals surface area contributed by atoms with Gasteiger partial charge in [-0.3, -0.25) is 9.59 Å². The Morgan fingerprint density at radius 3 is 2.67 bits per heavy atom. The van der Waals surface area contributed by atoms with Crippen LogP contribution in [-0.4, -0.2) is 60.6 Å². The molecule has 0 radical (unpaired) electrons. The van der Waals surface area contributed by atoms with E-state index in [9.17, 15) is 14.4 Å². The van der Waals surface area contributed by atoms with Crippen LogP contribution in [0.5, 0.6) is 0 Å². The third kappa shape index (κ3) is 3.70. The average molecular weight is 470 g/mol. The van der Waals surface area contributed by atoms with Crippen LogP contribution in [0.3, 0.4) is 0 Å². The number of hydrogen-bond acceptors (Lipinski definition) is 5. The number of halogens is 1. The van der Waals surface area contributed by atoms with Crippen molar-refractivity contribution >= 4 is 50.7 Å². The molecule has 2 aromatic carbocycles. The molecule has 2 heterocycles. The minimum atomic E-state index is -0.733. The summed E-state index contributed by atoms with van der Waals surface area (Å²) in [6.07, 6.45) is 0.715. The van der Waals surface area contributed by atoms with Crippen molar-refractivity contribution in [3.05, 3.63) is 64.3 Å². The molecule has 0 bridgehead atoms.